The molecular weight excluding hydrogens is 199 g/mol. The number of thioether (sulfide) groups is 1. The minimum absolute atomic E-state index is 0.419. The van der Waals surface area contributed by atoms with Gasteiger partial charge < -0.3 is 0 Å². The molecule has 1 heterocycles. The van der Waals surface area contributed by atoms with Gasteiger partial charge in [0.25, 0.3) is 0 Å². The number of aryl methyl sites for hydroxylation is 1. The SMILES string of the molecule is CSc1ccc(C(F)(F)F)nc1C. The number of rotatable bonds is 1. The van der Waals surface area contributed by atoms with Gasteiger partial charge in [-0.05, 0) is 25.3 Å². The maximum atomic E-state index is 12.1. The molecule has 0 fully saturated rings. The molecule has 0 unspecified atom stereocenters. The van der Waals surface area contributed by atoms with Crippen LogP contribution in [0.1, 0.15) is 11.4 Å². The molecule has 0 aliphatic carbocycles. The van der Waals surface area contributed by atoms with E-state index in [4.69, 9.17) is 0 Å². The first-order valence-electron chi connectivity index (χ1n) is 3.54. The van der Waals surface area contributed by atoms with Crippen molar-refractivity contribution >= 4 is 11.8 Å². The van der Waals surface area contributed by atoms with Crippen LogP contribution in [-0.4, -0.2) is 11.2 Å². The van der Waals surface area contributed by atoms with E-state index in [9.17, 15) is 13.2 Å². The summed E-state index contributed by atoms with van der Waals surface area (Å²) in [6.07, 6.45) is -2.54. The highest BCUT2D eigenvalue weighted by Crippen LogP contribution is 2.29. The summed E-state index contributed by atoms with van der Waals surface area (Å²) in [5.41, 5.74) is -0.412. The number of aromatic nitrogens is 1. The predicted octanol–water partition coefficient (Wildman–Crippen LogP) is 3.13. The summed E-state index contributed by atoms with van der Waals surface area (Å²) >= 11 is 1.38. The van der Waals surface area contributed by atoms with Crippen LogP contribution in [-0.2, 0) is 6.18 Å². The normalized spacial score (nSPS) is 11.8. The van der Waals surface area contributed by atoms with Crippen molar-refractivity contribution in [1.82, 2.24) is 4.98 Å². The summed E-state index contributed by atoms with van der Waals surface area (Å²) in [4.78, 5) is 4.24. The lowest BCUT2D eigenvalue weighted by atomic mass is 10.3. The number of hydrogen-bond acceptors (Lipinski definition) is 2. The van der Waals surface area contributed by atoms with Crippen molar-refractivity contribution in [3.63, 3.8) is 0 Å². The average Bonchev–Trinajstić information content (AvgIpc) is 2.02. The van der Waals surface area contributed by atoms with Crippen LogP contribution in [0, 0.1) is 6.92 Å². The Labute approximate surface area is 78.4 Å². The fourth-order valence-electron chi connectivity index (χ4n) is 0.922. The summed E-state index contributed by atoms with van der Waals surface area (Å²) in [5.74, 6) is 0. The van der Waals surface area contributed by atoms with E-state index in [1.807, 2.05) is 0 Å². The molecule has 13 heavy (non-hydrogen) atoms. The van der Waals surface area contributed by atoms with Gasteiger partial charge >= 0.3 is 6.18 Å². The molecule has 0 radical (unpaired) electrons. The zero-order valence-electron chi connectivity index (χ0n) is 7.14. The fraction of sp³-hybridized carbons (Fsp3) is 0.375. The summed E-state index contributed by atoms with van der Waals surface area (Å²) in [7, 11) is 0. The highest BCUT2D eigenvalue weighted by atomic mass is 32.2. The fourth-order valence-corrected chi connectivity index (χ4v) is 1.47. The quantitative estimate of drug-likeness (QED) is 0.656. The van der Waals surface area contributed by atoms with E-state index in [1.54, 1.807) is 13.2 Å². The van der Waals surface area contributed by atoms with E-state index >= 15 is 0 Å². The van der Waals surface area contributed by atoms with Gasteiger partial charge in [-0.1, -0.05) is 0 Å². The first-order valence-corrected chi connectivity index (χ1v) is 4.76. The molecule has 0 aliphatic rings. The summed E-state index contributed by atoms with van der Waals surface area (Å²) in [6, 6.07) is 2.44. The van der Waals surface area contributed by atoms with Crippen molar-refractivity contribution in [3.05, 3.63) is 23.5 Å². The summed E-state index contributed by atoms with van der Waals surface area (Å²) in [5, 5.41) is 0. The molecule has 0 bridgehead atoms. The molecule has 0 aromatic carbocycles. The zero-order valence-corrected chi connectivity index (χ0v) is 7.96. The second-order valence-electron chi connectivity index (χ2n) is 2.48. The van der Waals surface area contributed by atoms with Gasteiger partial charge in [-0.3, -0.25) is 0 Å². The standard InChI is InChI=1S/C8H8F3NS/c1-5-6(13-2)3-4-7(12-5)8(9,10)11/h3-4H,1-2H3. The second kappa shape index (κ2) is 3.57. The minimum atomic E-state index is -4.35. The third-order valence-corrected chi connectivity index (χ3v) is 2.42. The molecule has 5 heteroatoms. The van der Waals surface area contributed by atoms with Crippen molar-refractivity contribution in [2.45, 2.75) is 18.0 Å². The van der Waals surface area contributed by atoms with Crippen molar-refractivity contribution in [1.29, 1.82) is 0 Å². The maximum absolute atomic E-state index is 12.1. The van der Waals surface area contributed by atoms with Gasteiger partial charge in [-0.25, -0.2) is 4.98 Å². The molecule has 1 rings (SSSR count). The van der Waals surface area contributed by atoms with Crippen LogP contribution in [0.15, 0.2) is 17.0 Å². The molecule has 0 amide bonds. The third kappa shape index (κ3) is 2.37. The van der Waals surface area contributed by atoms with E-state index < -0.39 is 11.9 Å². The van der Waals surface area contributed by atoms with Crippen molar-refractivity contribution < 1.29 is 13.2 Å². The molecule has 0 spiro atoms. The monoisotopic (exact) mass is 207 g/mol. The molecule has 0 N–H and O–H groups in total. The number of halogens is 3. The molecule has 1 aromatic rings. The predicted molar refractivity (Wildman–Crippen MR) is 45.8 cm³/mol. The Hall–Kier alpha value is -0.710. The molecule has 0 atom stereocenters. The number of alkyl halides is 3. The highest BCUT2D eigenvalue weighted by molar-refractivity contribution is 7.98. The molecular formula is C8H8F3NS. The summed E-state index contributed by atoms with van der Waals surface area (Å²) < 4.78 is 36.4. The Kier molecular flexibility index (Phi) is 2.85. The average molecular weight is 207 g/mol. The Morgan fingerprint density at radius 1 is 1.31 bits per heavy atom. The van der Waals surface area contributed by atoms with Crippen LogP contribution in [0.4, 0.5) is 13.2 Å². The van der Waals surface area contributed by atoms with Crippen LogP contribution >= 0.6 is 11.8 Å². The lowest BCUT2D eigenvalue weighted by molar-refractivity contribution is -0.141. The Bertz CT molecular complexity index is 309. The summed E-state index contributed by atoms with van der Waals surface area (Å²) in [6.45, 7) is 1.57. The van der Waals surface area contributed by atoms with Crippen LogP contribution in [0.2, 0.25) is 0 Å². The smallest absolute Gasteiger partial charge is 0.247 e. The second-order valence-corrected chi connectivity index (χ2v) is 3.33. The maximum Gasteiger partial charge on any atom is 0.433 e. The topological polar surface area (TPSA) is 12.9 Å². The van der Waals surface area contributed by atoms with E-state index in [-0.39, 0.29) is 0 Å². The highest BCUT2D eigenvalue weighted by Gasteiger charge is 2.32. The van der Waals surface area contributed by atoms with Crippen LogP contribution < -0.4 is 0 Å². The lowest BCUT2D eigenvalue weighted by Crippen LogP contribution is -2.08. The van der Waals surface area contributed by atoms with Gasteiger partial charge in [0.1, 0.15) is 5.69 Å². The van der Waals surface area contributed by atoms with Gasteiger partial charge in [0, 0.05) is 4.90 Å². The zero-order chi connectivity index (χ0) is 10.1. The van der Waals surface area contributed by atoms with E-state index in [1.165, 1.54) is 17.8 Å². The van der Waals surface area contributed by atoms with E-state index in [0.29, 0.717) is 5.69 Å². The number of nitrogens with zero attached hydrogens (tertiary/aromatic N) is 1. The van der Waals surface area contributed by atoms with Gasteiger partial charge in [0.05, 0.1) is 5.69 Å². The van der Waals surface area contributed by atoms with Crippen LogP contribution in [0.5, 0.6) is 0 Å². The van der Waals surface area contributed by atoms with Gasteiger partial charge in [0.15, 0.2) is 0 Å². The van der Waals surface area contributed by atoms with Crippen molar-refractivity contribution in [2.75, 3.05) is 6.26 Å². The van der Waals surface area contributed by atoms with Crippen molar-refractivity contribution in [2.24, 2.45) is 0 Å². The molecule has 0 saturated heterocycles. The minimum Gasteiger partial charge on any atom is -0.247 e. The van der Waals surface area contributed by atoms with Gasteiger partial charge in [-0.2, -0.15) is 13.2 Å². The first kappa shape index (κ1) is 10.4. The van der Waals surface area contributed by atoms with Gasteiger partial charge in [0.2, 0.25) is 0 Å². The first-order chi connectivity index (χ1) is 5.95. The van der Waals surface area contributed by atoms with E-state index in [2.05, 4.69) is 4.98 Å². The van der Waals surface area contributed by atoms with E-state index in [0.717, 1.165) is 11.0 Å². The largest absolute Gasteiger partial charge is 0.433 e. The Morgan fingerprint density at radius 3 is 2.31 bits per heavy atom. The molecule has 0 saturated carbocycles. The van der Waals surface area contributed by atoms with Gasteiger partial charge in [-0.15, -0.1) is 11.8 Å². The van der Waals surface area contributed by atoms with Crippen molar-refractivity contribution in [3.8, 4) is 0 Å². The Balaban J connectivity index is 3.10. The molecule has 0 aliphatic heterocycles. The number of pyridine rings is 1. The Morgan fingerprint density at radius 2 is 1.92 bits per heavy atom. The molecule has 1 nitrogen and oxygen atoms in total. The molecule has 1 aromatic heterocycles. The lowest BCUT2D eigenvalue weighted by Gasteiger charge is -2.07. The third-order valence-electron chi connectivity index (χ3n) is 1.55. The molecule has 72 valence electrons. The van der Waals surface area contributed by atoms with Crippen LogP contribution in [0.3, 0.4) is 0 Å². The van der Waals surface area contributed by atoms with Crippen LogP contribution in [0.25, 0.3) is 0 Å². The number of hydrogen-bond donors (Lipinski definition) is 0.